The number of halogens is 1. The fraction of sp³-hybridized carbons (Fsp3) is 0.500. The van der Waals surface area contributed by atoms with Crippen LogP contribution in [0.4, 0.5) is 5.69 Å². The number of nitro groups is 1. The number of hydrogen-bond acceptors (Lipinski definition) is 4. The molecule has 0 bridgehead atoms. The Morgan fingerprint density at radius 2 is 2.14 bits per heavy atom. The molecule has 0 spiro atoms. The SMILES string of the molecule is COc1ccc(C(=O)NC2CCCCC2Cl)cc1[N+](=O)[O-]. The molecule has 0 aromatic heterocycles. The molecule has 21 heavy (non-hydrogen) atoms. The minimum absolute atomic E-state index is 0.0871. The van der Waals surface area contributed by atoms with Crippen molar-refractivity contribution in [3.8, 4) is 5.75 Å². The first-order valence-electron chi connectivity index (χ1n) is 6.80. The summed E-state index contributed by atoms with van der Waals surface area (Å²) in [5, 5.41) is 13.7. The molecule has 1 fully saturated rings. The number of carbonyl (C=O) groups excluding carboxylic acids is 1. The van der Waals surface area contributed by atoms with Crippen molar-refractivity contribution in [2.75, 3.05) is 7.11 Å². The average molecular weight is 313 g/mol. The molecular weight excluding hydrogens is 296 g/mol. The fourth-order valence-corrected chi connectivity index (χ4v) is 2.82. The predicted molar refractivity (Wildman–Crippen MR) is 79.0 cm³/mol. The van der Waals surface area contributed by atoms with E-state index in [0.717, 1.165) is 25.7 Å². The number of nitrogens with zero attached hydrogens (tertiary/aromatic N) is 1. The Labute approximate surface area is 127 Å². The monoisotopic (exact) mass is 312 g/mol. The second-order valence-electron chi connectivity index (χ2n) is 5.02. The summed E-state index contributed by atoms with van der Waals surface area (Å²) in [5.74, 6) is -0.220. The van der Waals surface area contributed by atoms with Crippen LogP contribution in [0.5, 0.6) is 5.75 Å². The summed E-state index contributed by atoms with van der Waals surface area (Å²) in [7, 11) is 1.35. The molecule has 1 amide bonds. The lowest BCUT2D eigenvalue weighted by molar-refractivity contribution is -0.385. The highest BCUT2D eigenvalue weighted by molar-refractivity contribution is 6.21. The van der Waals surface area contributed by atoms with E-state index < -0.39 is 4.92 Å². The Hall–Kier alpha value is -1.82. The molecule has 1 saturated carbocycles. The fourth-order valence-electron chi connectivity index (χ4n) is 2.47. The van der Waals surface area contributed by atoms with E-state index in [4.69, 9.17) is 16.3 Å². The number of carbonyl (C=O) groups is 1. The van der Waals surface area contributed by atoms with Crippen LogP contribution >= 0.6 is 11.6 Å². The van der Waals surface area contributed by atoms with Crippen molar-refractivity contribution in [3.63, 3.8) is 0 Å². The highest BCUT2D eigenvalue weighted by Crippen LogP contribution is 2.28. The van der Waals surface area contributed by atoms with Crippen molar-refractivity contribution in [3.05, 3.63) is 33.9 Å². The third-order valence-corrected chi connectivity index (χ3v) is 4.16. The van der Waals surface area contributed by atoms with Gasteiger partial charge in [-0.2, -0.15) is 0 Å². The summed E-state index contributed by atoms with van der Waals surface area (Å²) >= 11 is 6.20. The first kappa shape index (κ1) is 15.6. The van der Waals surface area contributed by atoms with Crippen LogP contribution in [0.2, 0.25) is 0 Å². The van der Waals surface area contributed by atoms with Crippen LogP contribution in [0.3, 0.4) is 0 Å². The number of nitro benzene ring substituents is 1. The molecular formula is C14H17ClN2O4. The third kappa shape index (κ3) is 3.64. The van der Waals surface area contributed by atoms with Gasteiger partial charge in [-0.3, -0.25) is 14.9 Å². The normalized spacial score (nSPS) is 21.6. The zero-order valence-electron chi connectivity index (χ0n) is 11.7. The third-order valence-electron chi connectivity index (χ3n) is 3.64. The Morgan fingerprint density at radius 1 is 1.43 bits per heavy atom. The van der Waals surface area contributed by atoms with Gasteiger partial charge in [-0.15, -0.1) is 11.6 Å². The maximum atomic E-state index is 12.2. The minimum atomic E-state index is -0.569. The number of rotatable bonds is 4. The molecule has 1 aliphatic rings. The number of hydrogen-bond donors (Lipinski definition) is 1. The summed E-state index contributed by atoms with van der Waals surface area (Å²) in [4.78, 5) is 22.6. The van der Waals surface area contributed by atoms with Gasteiger partial charge in [-0.25, -0.2) is 0 Å². The second kappa shape index (κ2) is 6.76. The molecule has 1 aromatic rings. The van der Waals surface area contributed by atoms with Crippen LogP contribution < -0.4 is 10.1 Å². The van der Waals surface area contributed by atoms with E-state index in [1.165, 1.54) is 25.3 Å². The van der Waals surface area contributed by atoms with Gasteiger partial charge in [0.1, 0.15) is 0 Å². The molecule has 1 aromatic carbocycles. The Morgan fingerprint density at radius 3 is 2.76 bits per heavy atom. The largest absolute Gasteiger partial charge is 0.490 e. The molecule has 1 N–H and O–H groups in total. The average Bonchev–Trinajstić information content (AvgIpc) is 2.48. The summed E-state index contributed by atoms with van der Waals surface area (Å²) < 4.78 is 4.91. The molecule has 7 heteroatoms. The van der Waals surface area contributed by atoms with Crippen LogP contribution in [-0.2, 0) is 0 Å². The van der Waals surface area contributed by atoms with Gasteiger partial charge >= 0.3 is 5.69 Å². The minimum Gasteiger partial charge on any atom is -0.490 e. The maximum absolute atomic E-state index is 12.2. The molecule has 2 rings (SSSR count). The van der Waals surface area contributed by atoms with Gasteiger partial charge in [-0.1, -0.05) is 12.8 Å². The van der Waals surface area contributed by atoms with Crippen molar-refractivity contribution >= 4 is 23.2 Å². The quantitative estimate of drug-likeness (QED) is 0.526. The lowest BCUT2D eigenvalue weighted by atomic mass is 9.94. The van der Waals surface area contributed by atoms with Crippen LogP contribution in [0.15, 0.2) is 18.2 Å². The number of benzene rings is 1. The lowest BCUT2D eigenvalue weighted by Gasteiger charge is -2.27. The summed E-state index contributed by atoms with van der Waals surface area (Å²) in [5.41, 5.74) is 0.00755. The molecule has 6 nitrogen and oxygen atoms in total. The molecule has 0 radical (unpaired) electrons. The van der Waals surface area contributed by atoms with E-state index in [-0.39, 0.29) is 34.3 Å². The van der Waals surface area contributed by atoms with Crippen molar-refractivity contribution in [1.29, 1.82) is 0 Å². The standard InChI is InChI=1S/C14H17ClN2O4/c1-21-13-7-6-9(8-12(13)17(19)20)14(18)16-11-5-3-2-4-10(11)15/h6-8,10-11H,2-5H2,1H3,(H,16,18). The van der Waals surface area contributed by atoms with Gasteiger partial charge in [-0.05, 0) is 25.0 Å². The topological polar surface area (TPSA) is 81.5 Å². The first-order valence-corrected chi connectivity index (χ1v) is 7.24. The molecule has 114 valence electrons. The lowest BCUT2D eigenvalue weighted by Crippen LogP contribution is -2.42. The molecule has 0 saturated heterocycles. The maximum Gasteiger partial charge on any atom is 0.311 e. The Bertz CT molecular complexity index is 550. The van der Waals surface area contributed by atoms with Crippen LogP contribution in [-0.4, -0.2) is 29.4 Å². The van der Waals surface area contributed by atoms with E-state index in [2.05, 4.69) is 5.32 Å². The first-order chi connectivity index (χ1) is 10.0. The number of amides is 1. The van der Waals surface area contributed by atoms with Gasteiger partial charge in [0.2, 0.25) is 0 Å². The van der Waals surface area contributed by atoms with Gasteiger partial charge in [0, 0.05) is 17.7 Å². The van der Waals surface area contributed by atoms with Gasteiger partial charge in [0.15, 0.2) is 5.75 Å². The van der Waals surface area contributed by atoms with Gasteiger partial charge < -0.3 is 10.1 Å². The molecule has 0 heterocycles. The molecule has 1 aliphatic carbocycles. The smallest absolute Gasteiger partial charge is 0.311 e. The van der Waals surface area contributed by atoms with Gasteiger partial charge in [0.25, 0.3) is 5.91 Å². The van der Waals surface area contributed by atoms with Crippen molar-refractivity contribution in [2.24, 2.45) is 0 Å². The molecule has 2 unspecified atom stereocenters. The van der Waals surface area contributed by atoms with E-state index in [1.807, 2.05) is 0 Å². The van der Waals surface area contributed by atoms with Crippen molar-refractivity contribution < 1.29 is 14.5 Å². The number of methoxy groups -OCH3 is 1. The summed E-state index contributed by atoms with van der Waals surface area (Å²) in [6, 6.07) is 4.06. The van der Waals surface area contributed by atoms with Crippen molar-refractivity contribution in [2.45, 2.75) is 37.1 Å². The summed E-state index contributed by atoms with van der Waals surface area (Å²) in [6.45, 7) is 0. The highest BCUT2D eigenvalue weighted by atomic mass is 35.5. The zero-order chi connectivity index (χ0) is 15.4. The zero-order valence-corrected chi connectivity index (χ0v) is 12.4. The number of nitrogens with one attached hydrogen (secondary N) is 1. The predicted octanol–water partition coefficient (Wildman–Crippen LogP) is 2.88. The van der Waals surface area contributed by atoms with Gasteiger partial charge in [0.05, 0.1) is 17.4 Å². The Balaban J connectivity index is 2.15. The highest BCUT2D eigenvalue weighted by Gasteiger charge is 2.26. The Kier molecular flexibility index (Phi) is 5.01. The molecule has 2 atom stereocenters. The van der Waals surface area contributed by atoms with E-state index >= 15 is 0 Å². The van der Waals surface area contributed by atoms with E-state index in [1.54, 1.807) is 0 Å². The second-order valence-corrected chi connectivity index (χ2v) is 5.58. The van der Waals surface area contributed by atoms with E-state index in [0.29, 0.717) is 0 Å². The number of ether oxygens (including phenoxy) is 1. The van der Waals surface area contributed by atoms with Crippen LogP contribution in [0, 0.1) is 10.1 Å². The van der Waals surface area contributed by atoms with E-state index in [9.17, 15) is 14.9 Å². The van der Waals surface area contributed by atoms with Crippen LogP contribution in [0.1, 0.15) is 36.0 Å². The van der Waals surface area contributed by atoms with Crippen LogP contribution in [0.25, 0.3) is 0 Å². The number of alkyl halides is 1. The summed E-state index contributed by atoms with van der Waals surface area (Å²) in [6.07, 6.45) is 3.79. The van der Waals surface area contributed by atoms with Crippen molar-refractivity contribution in [1.82, 2.24) is 5.32 Å². The molecule has 0 aliphatic heterocycles.